The summed E-state index contributed by atoms with van der Waals surface area (Å²) in [4.78, 5) is 14.0. The van der Waals surface area contributed by atoms with E-state index in [2.05, 4.69) is 12.1 Å². The molecule has 116 valence electrons. The van der Waals surface area contributed by atoms with Gasteiger partial charge in [-0.25, -0.2) is 4.79 Å². The zero-order valence-corrected chi connectivity index (χ0v) is 13.3. The van der Waals surface area contributed by atoms with Crippen LogP contribution >= 0.6 is 0 Å². The third-order valence-corrected chi connectivity index (χ3v) is 3.79. The van der Waals surface area contributed by atoms with Gasteiger partial charge in [0.25, 0.3) is 0 Å². The van der Waals surface area contributed by atoms with Gasteiger partial charge in [0.15, 0.2) is 0 Å². The Morgan fingerprint density at radius 3 is 2.48 bits per heavy atom. The second-order valence-electron chi connectivity index (χ2n) is 6.76. The van der Waals surface area contributed by atoms with Gasteiger partial charge in [-0.3, -0.25) is 0 Å². The molecule has 4 heteroatoms. The second kappa shape index (κ2) is 6.37. The molecule has 1 aromatic rings. The van der Waals surface area contributed by atoms with Crippen LogP contribution in [-0.4, -0.2) is 29.7 Å². The molecular weight excluding hydrogens is 264 g/mol. The van der Waals surface area contributed by atoms with Crippen LogP contribution in [0.3, 0.4) is 0 Å². The van der Waals surface area contributed by atoms with Crippen LogP contribution in [0.5, 0.6) is 0 Å². The van der Waals surface area contributed by atoms with E-state index in [1.807, 2.05) is 37.8 Å². The first-order chi connectivity index (χ1) is 9.85. The van der Waals surface area contributed by atoms with E-state index >= 15 is 0 Å². The molecule has 0 bridgehead atoms. The van der Waals surface area contributed by atoms with Crippen molar-refractivity contribution < 1.29 is 9.53 Å². The van der Waals surface area contributed by atoms with Gasteiger partial charge in [0.05, 0.1) is 0 Å². The van der Waals surface area contributed by atoms with E-state index in [1.165, 1.54) is 5.56 Å². The number of nitrogen functional groups attached to an aromatic ring is 1. The van der Waals surface area contributed by atoms with Crippen LogP contribution in [0.4, 0.5) is 10.5 Å². The zero-order chi connectivity index (χ0) is 15.5. The molecule has 0 spiro atoms. The lowest BCUT2D eigenvalue weighted by atomic mass is 9.92. The number of amides is 1. The van der Waals surface area contributed by atoms with Crippen LogP contribution < -0.4 is 5.73 Å². The van der Waals surface area contributed by atoms with E-state index in [0.29, 0.717) is 5.92 Å². The Hall–Kier alpha value is -1.71. The molecule has 21 heavy (non-hydrogen) atoms. The van der Waals surface area contributed by atoms with Gasteiger partial charge in [0.1, 0.15) is 5.60 Å². The number of benzene rings is 1. The summed E-state index contributed by atoms with van der Waals surface area (Å²) in [6, 6.07) is 8.10. The Balaban J connectivity index is 1.95. The van der Waals surface area contributed by atoms with Gasteiger partial charge >= 0.3 is 6.09 Å². The van der Waals surface area contributed by atoms with Crippen molar-refractivity contribution in [1.29, 1.82) is 0 Å². The summed E-state index contributed by atoms with van der Waals surface area (Å²) < 4.78 is 5.46. The Kier molecular flexibility index (Phi) is 4.76. The zero-order valence-electron chi connectivity index (χ0n) is 13.3. The molecule has 0 aromatic heterocycles. The van der Waals surface area contributed by atoms with Crippen molar-refractivity contribution >= 4 is 11.8 Å². The molecule has 2 N–H and O–H groups in total. The average Bonchev–Trinajstić information content (AvgIpc) is 2.63. The minimum atomic E-state index is -0.431. The first-order valence-electron chi connectivity index (χ1n) is 7.68. The molecule has 0 aliphatic carbocycles. The first kappa shape index (κ1) is 15.7. The molecule has 4 nitrogen and oxygen atoms in total. The normalized spacial score (nSPS) is 20.0. The number of carbonyl (C=O) groups is 1. The highest BCUT2D eigenvalue weighted by Gasteiger charge is 2.25. The van der Waals surface area contributed by atoms with Crippen molar-refractivity contribution in [3.63, 3.8) is 0 Å². The van der Waals surface area contributed by atoms with Crippen LogP contribution in [0.1, 0.15) is 51.5 Å². The maximum atomic E-state index is 12.1. The number of likely N-dealkylation sites (tertiary alicyclic amines) is 1. The third kappa shape index (κ3) is 4.66. The van der Waals surface area contributed by atoms with E-state index in [4.69, 9.17) is 10.5 Å². The van der Waals surface area contributed by atoms with Crippen molar-refractivity contribution in [2.75, 3.05) is 18.8 Å². The number of hydrogen-bond acceptors (Lipinski definition) is 3. The predicted octanol–water partition coefficient (Wildman–Crippen LogP) is 3.77. The van der Waals surface area contributed by atoms with Gasteiger partial charge in [-0.15, -0.1) is 0 Å². The maximum Gasteiger partial charge on any atom is 0.410 e. The van der Waals surface area contributed by atoms with Crippen molar-refractivity contribution in [1.82, 2.24) is 4.90 Å². The fraction of sp³-hybridized carbons (Fsp3) is 0.588. The van der Waals surface area contributed by atoms with Crippen LogP contribution in [0.25, 0.3) is 0 Å². The van der Waals surface area contributed by atoms with Gasteiger partial charge in [0.2, 0.25) is 0 Å². The quantitative estimate of drug-likeness (QED) is 0.801. The lowest BCUT2D eigenvalue weighted by molar-refractivity contribution is 0.0256. The number of nitrogens with two attached hydrogens (primary N) is 1. The molecule has 1 amide bonds. The molecule has 0 radical (unpaired) electrons. The lowest BCUT2D eigenvalue weighted by Gasteiger charge is -2.26. The van der Waals surface area contributed by atoms with E-state index in [0.717, 1.165) is 38.0 Å². The number of hydrogen-bond donors (Lipinski definition) is 1. The summed E-state index contributed by atoms with van der Waals surface area (Å²) in [5.74, 6) is 0.498. The van der Waals surface area contributed by atoms with Gasteiger partial charge in [-0.2, -0.15) is 0 Å². The van der Waals surface area contributed by atoms with Gasteiger partial charge in [0, 0.05) is 18.8 Å². The van der Waals surface area contributed by atoms with Gasteiger partial charge < -0.3 is 15.4 Å². The number of nitrogens with zero attached hydrogens (tertiary/aromatic N) is 1. The summed E-state index contributed by atoms with van der Waals surface area (Å²) in [7, 11) is 0. The Morgan fingerprint density at radius 2 is 1.86 bits per heavy atom. The number of anilines is 1. The number of ether oxygens (including phenoxy) is 1. The van der Waals surface area contributed by atoms with Crippen molar-refractivity contribution in [3.8, 4) is 0 Å². The molecule has 1 heterocycles. The Bertz CT molecular complexity index is 477. The molecule has 1 aromatic carbocycles. The monoisotopic (exact) mass is 290 g/mol. The average molecular weight is 290 g/mol. The predicted molar refractivity (Wildman–Crippen MR) is 85.3 cm³/mol. The number of carbonyl (C=O) groups excluding carboxylic acids is 1. The van der Waals surface area contributed by atoms with E-state index < -0.39 is 5.60 Å². The van der Waals surface area contributed by atoms with E-state index in [1.54, 1.807) is 0 Å². The Morgan fingerprint density at radius 1 is 1.19 bits per heavy atom. The molecule has 1 fully saturated rings. The second-order valence-corrected chi connectivity index (χ2v) is 6.76. The minimum Gasteiger partial charge on any atom is -0.444 e. The lowest BCUT2D eigenvalue weighted by Crippen LogP contribution is -2.37. The third-order valence-electron chi connectivity index (χ3n) is 3.79. The smallest absolute Gasteiger partial charge is 0.410 e. The maximum absolute atomic E-state index is 12.1. The van der Waals surface area contributed by atoms with E-state index in [-0.39, 0.29) is 6.09 Å². The van der Waals surface area contributed by atoms with Crippen LogP contribution in [0.2, 0.25) is 0 Å². The summed E-state index contributed by atoms with van der Waals surface area (Å²) in [5.41, 5.74) is 7.42. The summed E-state index contributed by atoms with van der Waals surface area (Å²) in [5, 5.41) is 0. The molecule has 1 unspecified atom stereocenters. The highest BCUT2D eigenvalue weighted by molar-refractivity contribution is 5.68. The van der Waals surface area contributed by atoms with Crippen molar-refractivity contribution in [3.05, 3.63) is 29.8 Å². The Labute approximate surface area is 127 Å². The molecule has 1 aliphatic heterocycles. The van der Waals surface area contributed by atoms with E-state index in [9.17, 15) is 4.79 Å². The van der Waals surface area contributed by atoms with Crippen LogP contribution in [-0.2, 0) is 4.74 Å². The largest absolute Gasteiger partial charge is 0.444 e. The van der Waals surface area contributed by atoms with Crippen LogP contribution in [0.15, 0.2) is 24.3 Å². The van der Waals surface area contributed by atoms with Crippen molar-refractivity contribution in [2.45, 2.75) is 51.6 Å². The molecule has 2 rings (SSSR count). The minimum absolute atomic E-state index is 0.194. The highest BCUT2D eigenvalue weighted by Crippen LogP contribution is 2.29. The number of rotatable bonds is 1. The molecule has 1 atom stereocenters. The topological polar surface area (TPSA) is 55.6 Å². The summed E-state index contributed by atoms with van der Waals surface area (Å²) in [6.07, 6.45) is 2.89. The van der Waals surface area contributed by atoms with Gasteiger partial charge in [-0.05, 0) is 63.6 Å². The molecular formula is C17H26N2O2. The SMILES string of the molecule is CC(C)(C)OC(=O)N1CCCC(c2ccc(N)cc2)CC1. The molecule has 1 saturated heterocycles. The fourth-order valence-corrected chi connectivity index (χ4v) is 2.71. The standard InChI is InChI=1S/C17H26N2O2/c1-17(2,3)21-16(20)19-11-4-5-13(10-12-19)14-6-8-15(18)9-7-14/h6-9,13H,4-5,10-12,18H2,1-3H3. The van der Waals surface area contributed by atoms with Crippen LogP contribution in [0, 0.1) is 0 Å². The summed E-state index contributed by atoms with van der Waals surface area (Å²) in [6.45, 7) is 7.24. The highest BCUT2D eigenvalue weighted by atomic mass is 16.6. The molecule has 0 saturated carbocycles. The van der Waals surface area contributed by atoms with Gasteiger partial charge in [-0.1, -0.05) is 12.1 Å². The first-order valence-corrected chi connectivity index (χ1v) is 7.68. The summed E-state index contributed by atoms with van der Waals surface area (Å²) >= 11 is 0. The molecule has 1 aliphatic rings. The fourth-order valence-electron chi connectivity index (χ4n) is 2.71. The van der Waals surface area contributed by atoms with Crippen molar-refractivity contribution in [2.24, 2.45) is 0 Å².